The fourth-order valence-electron chi connectivity index (χ4n) is 2.23. The molecule has 5 nitrogen and oxygen atoms in total. The number of hydrogen-bond donors (Lipinski definition) is 1. The van der Waals surface area contributed by atoms with Crippen LogP contribution in [0.25, 0.3) is 16.9 Å². The average molecular weight is 352 g/mol. The van der Waals surface area contributed by atoms with Gasteiger partial charge in [-0.05, 0) is 24.3 Å². The first-order chi connectivity index (χ1) is 10.9. The van der Waals surface area contributed by atoms with Gasteiger partial charge in [0.2, 0.25) is 16.0 Å². The number of para-hydroxylation sites is 1. The lowest BCUT2D eigenvalue weighted by Gasteiger charge is -2.11. The van der Waals surface area contributed by atoms with Gasteiger partial charge in [-0.15, -0.1) is 5.10 Å². The molecule has 0 bridgehead atoms. The molecule has 0 aliphatic carbocycles. The number of hydrogen-bond acceptors (Lipinski definition) is 3. The number of aromatic nitrogens is 2. The SMILES string of the molecule is NS(=O)(=O)c1ccccc1-n1nc(F)cc1-c1ccc(Cl)cc1. The Morgan fingerprint density at radius 3 is 2.39 bits per heavy atom. The summed E-state index contributed by atoms with van der Waals surface area (Å²) >= 11 is 5.85. The van der Waals surface area contributed by atoms with Crippen molar-refractivity contribution in [3.05, 3.63) is 65.6 Å². The molecule has 23 heavy (non-hydrogen) atoms. The highest BCUT2D eigenvalue weighted by Crippen LogP contribution is 2.27. The molecule has 0 radical (unpaired) electrons. The van der Waals surface area contributed by atoms with Crippen LogP contribution in [-0.4, -0.2) is 18.2 Å². The quantitative estimate of drug-likeness (QED) is 0.788. The molecule has 0 spiro atoms. The Morgan fingerprint density at radius 2 is 1.74 bits per heavy atom. The third kappa shape index (κ3) is 3.12. The number of primary sulfonamides is 1. The normalized spacial score (nSPS) is 11.6. The minimum Gasteiger partial charge on any atom is -0.229 e. The smallest absolute Gasteiger partial charge is 0.229 e. The molecule has 1 aromatic heterocycles. The van der Waals surface area contributed by atoms with E-state index in [4.69, 9.17) is 16.7 Å². The van der Waals surface area contributed by atoms with Gasteiger partial charge in [-0.2, -0.15) is 4.39 Å². The van der Waals surface area contributed by atoms with E-state index in [9.17, 15) is 12.8 Å². The number of nitrogens with two attached hydrogens (primary N) is 1. The minimum atomic E-state index is -3.98. The van der Waals surface area contributed by atoms with Gasteiger partial charge in [0.05, 0.1) is 11.4 Å². The predicted molar refractivity (Wildman–Crippen MR) is 85.3 cm³/mol. The zero-order valence-electron chi connectivity index (χ0n) is 11.6. The molecule has 3 rings (SSSR count). The predicted octanol–water partition coefficient (Wildman–Crippen LogP) is 2.98. The van der Waals surface area contributed by atoms with E-state index in [1.807, 2.05) is 0 Å². The maximum absolute atomic E-state index is 13.7. The van der Waals surface area contributed by atoms with E-state index in [-0.39, 0.29) is 10.6 Å². The third-order valence-corrected chi connectivity index (χ3v) is 4.43. The minimum absolute atomic E-state index is 0.140. The summed E-state index contributed by atoms with van der Waals surface area (Å²) in [5.41, 5.74) is 1.19. The van der Waals surface area contributed by atoms with Gasteiger partial charge in [0.25, 0.3) is 0 Å². The molecule has 0 amide bonds. The number of sulfonamides is 1. The Balaban J connectivity index is 2.25. The lowest BCUT2D eigenvalue weighted by Crippen LogP contribution is -2.16. The molecule has 0 saturated heterocycles. The van der Waals surface area contributed by atoms with Crippen molar-refractivity contribution in [3.63, 3.8) is 0 Å². The molecule has 3 aromatic rings. The molecule has 0 aliphatic heterocycles. The summed E-state index contributed by atoms with van der Waals surface area (Å²) in [5, 5.41) is 9.51. The standard InChI is InChI=1S/C15H11ClFN3O2S/c16-11-7-5-10(6-8-11)13-9-15(17)19-20(13)12-3-1-2-4-14(12)23(18,21)22/h1-9H,(H2,18,21,22). The van der Waals surface area contributed by atoms with Crippen LogP contribution in [0.15, 0.2) is 59.5 Å². The fraction of sp³-hybridized carbons (Fsp3) is 0. The van der Waals surface area contributed by atoms with E-state index < -0.39 is 16.0 Å². The van der Waals surface area contributed by atoms with Gasteiger partial charge in [0.15, 0.2) is 0 Å². The third-order valence-electron chi connectivity index (χ3n) is 3.22. The fourth-order valence-corrected chi connectivity index (χ4v) is 3.08. The highest BCUT2D eigenvalue weighted by atomic mass is 35.5. The van der Waals surface area contributed by atoms with Crippen molar-refractivity contribution >= 4 is 21.6 Å². The maximum atomic E-state index is 13.7. The maximum Gasteiger partial charge on any atom is 0.240 e. The topological polar surface area (TPSA) is 78.0 Å². The highest BCUT2D eigenvalue weighted by Gasteiger charge is 2.19. The lowest BCUT2D eigenvalue weighted by molar-refractivity contribution is 0.564. The molecule has 0 saturated carbocycles. The van der Waals surface area contributed by atoms with Gasteiger partial charge in [0.1, 0.15) is 4.90 Å². The molecule has 0 atom stereocenters. The van der Waals surface area contributed by atoms with Crippen molar-refractivity contribution in [2.24, 2.45) is 5.14 Å². The van der Waals surface area contributed by atoms with Crippen molar-refractivity contribution in [3.8, 4) is 16.9 Å². The van der Waals surface area contributed by atoms with Crippen LogP contribution in [0, 0.1) is 5.95 Å². The average Bonchev–Trinajstić information content (AvgIpc) is 2.89. The second-order valence-corrected chi connectivity index (χ2v) is 6.75. The molecule has 0 aliphatic rings. The van der Waals surface area contributed by atoms with E-state index in [1.54, 1.807) is 30.3 Å². The molecule has 118 valence electrons. The lowest BCUT2D eigenvalue weighted by atomic mass is 10.1. The second-order valence-electron chi connectivity index (χ2n) is 4.78. The zero-order chi connectivity index (χ0) is 16.6. The first-order valence-corrected chi connectivity index (χ1v) is 8.42. The number of rotatable bonds is 3. The van der Waals surface area contributed by atoms with Crippen LogP contribution >= 0.6 is 11.6 Å². The summed E-state index contributed by atoms with van der Waals surface area (Å²) in [6.07, 6.45) is 0. The molecular formula is C15H11ClFN3O2S. The second kappa shape index (κ2) is 5.77. The van der Waals surface area contributed by atoms with E-state index in [0.29, 0.717) is 16.3 Å². The Morgan fingerprint density at radius 1 is 1.09 bits per heavy atom. The van der Waals surface area contributed by atoms with Crippen molar-refractivity contribution < 1.29 is 12.8 Å². The van der Waals surface area contributed by atoms with Crippen LogP contribution in [0.3, 0.4) is 0 Å². The molecule has 0 unspecified atom stereocenters. The largest absolute Gasteiger partial charge is 0.240 e. The Kier molecular flexibility index (Phi) is 3.93. The van der Waals surface area contributed by atoms with E-state index in [1.165, 1.54) is 28.9 Å². The highest BCUT2D eigenvalue weighted by molar-refractivity contribution is 7.89. The summed E-state index contributed by atoms with van der Waals surface area (Å²) in [6.45, 7) is 0. The molecular weight excluding hydrogens is 341 g/mol. The molecule has 8 heteroatoms. The van der Waals surface area contributed by atoms with Crippen molar-refractivity contribution in [1.29, 1.82) is 0 Å². The van der Waals surface area contributed by atoms with Gasteiger partial charge < -0.3 is 0 Å². The number of nitrogens with zero attached hydrogens (tertiary/aromatic N) is 2. The summed E-state index contributed by atoms with van der Waals surface area (Å²) in [4.78, 5) is -0.140. The van der Waals surface area contributed by atoms with Crippen LogP contribution in [0.1, 0.15) is 0 Å². The van der Waals surface area contributed by atoms with Gasteiger partial charge in [-0.1, -0.05) is 35.9 Å². The number of halogens is 2. The number of benzene rings is 2. The molecule has 0 fully saturated rings. The van der Waals surface area contributed by atoms with E-state index in [0.717, 1.165) is 0 Å². The Labute approximate surface area is 137 Å². The van der Waals surface area contributed by atoms with Crippen LogP contribution in [0.5, 0.6) is 0 Å². The van der Waals surface area contributed by atoms with E-state index >= 15 is 0 Å². The Hall–Kier alpha value is -2.22. The van der Waals surface area contributed by atoms with Gasteiger partial charge in [-0.3, -0.25) is 0 Å². The van der Waals surface area contributed by atoms with Crippen LogP contribution in [0.4, 0.5) is 4.39 Å². The summed E-state index contributed by atoms with van der Waals surface area (Å²) < 4.78 is 38.4. The summed E-state index contributed by atoms with van der Waals surface area (Å²) in [7, 11) is -3.98. The van der Waals surface area contributed by atoms with Crippen molar-refractivity contribution in [1.82, 2.24) is 9.78 Å². The molecule has 2 N–H and O–H groups in total. The van der Waals surface area contributed by atoms with Gasteiger partial charge >= 0.3 is 0 Å². The molecule has 2 aromatic carbocycles. The zero-order valence-corrected chi connectivity index (χ0v) is 13.2. The van der Waals surface area contributed by atoms with Crippen LogP contribution in [-0.2, 0) is 10.0 Å². The first-order valence-electron chi connectivity index (χ1n) is 6.50. The van der Waals surface area contributed by atoms with Crippen LogP contribution < -0.4 is 5.14 Å². The molecule has 1 heterocycles. The van der Waals surface area contributed by atoms with Crippen molar-refractivity contribution in [2.75, 3.05) is 0 Å². The monoisotopic (exact) mass is 351 g/mol. The summed E-state index contributed by atoms with van der Waals surface area (Å²) in [6, 6.07) is 13.9. The van der Waals surface area contributed by atoms with Gasteiger partial charge in [0, 0.05) is 16.7 Å². The van der Waals surface area contributed by atoms with Crippen molar-refractivity contribution in [2.45, 2.75) is 4.90 Å². The Bertz CT molecular complexity index is 969. The first kappa shape index (κ1) is 15.7. The van der Waals surface area contributed by atoms with E-state index in [2.05, 4.69) is 5.10 Å². The van der Waals surface area contributed by atoms with Gasteiger partial charge in [-0.25, -0.2) is 18.2 Å². The van der Waals surface area contributed by atoms with Crippen LogP contribution in [0.2, 0.25) is 5.02 Å². The summed E-state index contributed by atoms with van der Waals surface area (Å²) in [5.74, 6) is -0.737.